The van der Waals surface area contributed by atoms with Gasteiger partial charge in [0, 0.05) is 11.1 Å². The monoisotopic (exact) mass is 616 g/mol. The van der Waals surface area contributed by atoms with Crippen LogP contribution in [0.5, 0.6) is 0 Å². The molecule has 45 heavy (non-hydrogen) atoms. The minimum atomic E-state index is -1.57. The molecule has 0 amide bonds. The molecule has 0 saturated carbocycles. The minimum absolute atomic E-state index is 0.0219. The van der Waals surface area contributed by atoms with Gasteiger partial charge in [-0.25, -0.2) is 14.0 Å². The largest absolute Gasteiger partial charge is 0.495 e. The molecule has 2 aliphatic heterocycles. The number of benzene rings is 3. The summed E-state index contributed by atoms with van der Waals surface area (Å²) >= 11 is 0. The zero-order valence-electron chi connectivity index (χ0n) is 26.3. The van der Waals surface area contributed by atoms with Gasteiger partial charge in [0.05, 0.1) is 22.4 Å². The van der Waals surface area contributed by atoms with Gasteiger partial charge in [0.25, 0.3) is 0 Å². The number of ether oxygens (including phenoxy) is 1. The fourth-order valence-electron chi connectivity index (χ4n) is 5.12. The van der Waals surface area contributed by atoms with E-state index in [1.807, 2.05) is 58.0 Å². The number of carboxylic acids is 1. The van der Waals surface area contributed by atoms with Crippen LogP contribution in [0.1, 0.15) is 80.3 Å². The molecule has 9 nitrogen and oxygen atoms in total. The van der Waals surface area contributed by atoms with Crippen molar-refractivity contribution in [2.24, 2.45) is 0 Å². The summed E-state index contributed by atoms with van der Waals surface area (Å²) in [6.45, 7) is 12.3. The highest BCUT2D eigenvalue weighted by atomic mass is 19.1. The van der Waals surface area contributed by atoms with E-state index in [1.165, 1.54) is 37.3 Å². The molecule has 1 atom stereocenters. The third-order valence-corrected chi connectivity index (χ3v) is 8.94. The third kappa shape index (κ3) is 6.20. The molecular weight excluding hydrogens is 581 g/mol. The van der Waals surface area contributed by atoms with Gasteiger partial charge in [-0.05, 0) is 89.2 Å². The second-order valence-corrected chi connectivity index (χ2v) is 13.0. The molecule has 3 aromatic carbocycles. The lowest BCUT2D eigenvalue weighted by molar-refractivity contribution is -0.169. The summed E-state index contributed by atoms with van der Waals surface area (Å²) in [5.74, 6) is -3.29. The van der Waals surface area contributed by atoms with Crippen LogP contribution in [-0.4, -0.2) is 59.5 Å². The Morgan fingerprint density at radius 1 is 0.711 bits per heavy atom. The van der Waals surface area contributed by atoms with Crippen molar-refractivity contribution in [3.8, 4) is 0 Å². The van der Waals surface area contributed by atoms with E-state index >= 15 is 0 Å². The van der Waals surface area contributed by atoms with Crippen molar-refractivity contribution in [2.45, 2.75) is 77.5 Å². The summed E-state index contributed by atoms with van der Waals surface area (Å²) in [7, 11) is -2.13. The molecule has 0 aromatic heterocycles. The van der Waals surface area contributed by atoms with Crippen LogP contribution >= 0.6 is 0 Å². The summed E-state index contributed by atoms with van der Waals surface area (Å²) in [6.07, 6.45) is 0. The Hall–Kier alpha value is -3.83. The number of rotatable bonds is 8. The van der Waals surface area contributed by atoms with E-state index in [-0.39, 0.29) is 28.8 Å². The predicted molar refractivity (Wildman–Crippen MR) is 165 cm³/mol. The summed E-state index contributed by atoms with van der Waals surface area (Å²) < 4.78 is 44.7. The van der Waals surface area contributed by atoms with Crippen LogP contribution in [0.25, 0.3) is 0 Å². The Kier molecular flexibility index (Phi) is 8.33. The number of esters is 1. The Morgan fingerprint density at radius 2 is 1.22 bits per heavy atom. The maximum absolute atomic E-state index is 14.9. The molecule has 5 rings (SSSR count). The van der Waals surface area contributed by atoms with Gasteiger partial charge in [-0.15, -0.1) is 0 Å². The molecule has 2 heterocycles. The molecule has 3 aromatic rings. The summed E-state index contributed by atoms with van der Waals surface area (Å²) in [4.78, 5) is 39.1. The molecule has 2 fully saturated rings. The van der Waals surface area contributed by atoms with E-state index in [0.717, 1.165) is 11.6 Å². The van der Waals surface area contributed by atoms with Gasteiger partial charge < -0.3 is 28.5 Å². The summed E-state index contributed by atoms with van der Waals surface area (Å²) in [5, 5.41) is 9.87. The van der Waals surface area contributed by atoms with Crippen LogP contribution in [0, 0.1) is 5.82 Å². The second-order valence-electron chi connectivity index (χ2n) is 13.0. The van der Waals surface area contributed by atoms with Gasteiger partial charge in [0.2, 0.25) is 0 Å². The van der Waals surface area contributed by atoms with E-state index in [1.54, 1.807) is 13.8 Å². The fraction of sp³-hybridized carbons (Fsp3) is 0.364. The van der Waals surface area contributed by atoms with Gasteiger partial charge >= 0.3 is 26.2 Å². The first-order chi connectivity index (χ1) is 20.9. The predicted octanol–water partition coefficient (Wildman–Crippen LogP) is 4.08. The molecule has 2 aliphatic rings. The van der Waals surface area contributed by atoms with E-state index in [9.17, 15) is 23.9 Å². The molecule has 1 N–H and O–H groups in total. The van der Waals surface area contributed by atoms with Crippen molar-refractivity contribution in [3.05, 3.63) is 94.8 Å². The zero-order chi connectivity index (χ0) is 32.9. The van der Waals surface area contributed by atoms with Crippen LogP contribution in [0.15, 0.2) is 66.7 Å². The standard InChI is InChI=1S/C33H35B2FO9/c1-30(2)31(3,4)43-34(42-30)25-15-22(17-26(36)18-25)27(37)21-13-23(28(38)39)16-24(14-21)35-44-32(5,6)33(7,45-35)29(40)41-19-20-11-9-8-10-12-20/h8-18H,19H2,1-7H3,(H,38,39). The first kappa shape index (κ1) is 32.6. The van der Waals surface area contributed by atoms with Crippen LogP contribution < -0.4 is 10.9 Å². The molecular formula is C33H35B2FO9. The number of carboxylic acid groups (broad SMARTS) is 1. The van der Waals surface area contributed by atoms with Gasteiger partial charge in [-0.3, -0.25) is 4.79 Å². The molecule has 0 bridgehead atoms. The van der Waals surface area contributed by atoms with Crippen molar-refractivity contribution in [2.75, 3.05) is 0 Å². The first-order valence-corrected chi connectivity index (χ1v) is 14.6. The second kappa shape index (κ2) is 11.5. The van der Waals surface area contributed by atoms with Gasteiger partial charge in [0.15, 0.2) is 11.4 Å². The maximum Gasteiger partial charge on any atom is 0.495 e. The third-order valence-electron chi connectivity index (χ3n) is 8.94. The Balaban J connectivity index is 1.44. The highest BCUT2D eigenvalue weighted by Crippen LogP contribution is 2.39. The quantitative estimate of drug-likeness (QED) is 0.227. The Morgan fingerprint density at radius 3 is 1.82 bits per heavy atom. The lowest BCUT2D eigenvalue weighted by Crippen LogP contribution is -2.52. The molecule has 0 spiro atoms. The average Bonchev–Trinajstić information content (AvgIpc) is 3.37. The topological polar surface area (TPSA) is 118 Å². The molecule has 2 saturated heterocycles. The Labute approximate surface area is 262 Å². The van der Waals surface area contributed by atoms with Crippen LogP contribution in [0.2, 0.25) is 0 Å². The van der Waals surface area contributed by atoms with Crippen molar-refractivity contribution < 1.29 is 47.2 Å². The molecule has 0 aliphatic carbocycles. The van der Waals surface area contributed by atoms with Crippen molar-refractivity contribution >= 4 is 42.9 Å². The average molecular weight is 616 g/mol. The van der Waals surface area contributed by atoms with Crippen LogP contribution in [-0.2, 0) is 34.8 Å². The van der Waals surface area contributed by atoms with Crippen molar-refractivity contribution in [1.82, 2.24) is 0 Å². The van der Waals surface area contributed by atoms with E-state index in [0.29, 0.717) is 5.46 Å². The van der Waals surface area contributed by atoms with E-state index in [2.05, 4.69) is 0 Å². The number of hydrogen-bond acceptors (Lipinski definition) is 8. The SMILES string of the molecule is CC1(C)OB(c2cc(F)cc(C(=O)c3cc(B4OC(C)(C)C(C)(C(=O)OCc5ccccc5)O4)cc(C(=O)O)c3)c2)OC1(C)C. The number of aromatic carboxylic acids is 1. The van der Waals surface area contributed by atoms with E-state index in [4.69, 9.17) is 23.4 Å². The Bertz CT molecular complexity index is 1640. The summed E-state index contributed by atoms with van der Waals surface area (Å²) in [6, 6.07) is 16.8. The fourth-order valence-corrected chi connectivity index (χ4v) is 5.12. The molecule has 12 heteroatoms. The lowest BCUT2D eigenvalue weighted by Gasteiger charge is -2.33. The smallest absolute Gasteiger partial charge is 0.478 e. The number of hydrogen-bond donors (Lipinski definition) is 1. The molecule has 1 unspecified atom stereocenters. The van der Waals surface area contributed by atoms with Crippen LogP contribution in [0.3, 0.4) is 0 Å². The van der Waals surface area contributed by atoms with Gasteiger partial charge in [-0.2, -0.15) is 0 Å². The normalized spacial score (nSPS) is 21.5. The first-order valence-electron chi connectivity index (χ1n) is 14.6. The van der Waals surface area contributed by atoms with E-state index < -0.39 is 60.2 Å². The number of ketones is 1. The van der Waals surface area contributed by atoms with Gasteiger partial charge in [-0.1, -0.05) is 42.5 Å². The number of halogens is 1. The van der Waals surface area contributed by atoms with Crippen molar-refractivity contribution in [3.63, 3.8) is 0 Å². The van der Waals surface area contributed by atoms with Crippen molar-refractivity contribution in [1.29, 1.82) is 0 Å². The van der Waals surface area contributed by atoms with Crippen LogP contribution in [0.4, 0.5) is 4.39 Å². The molecule has 234 valence electrons. The minimum Gasteiger partial charge on any atom is -0.478 e. The molecule has 0 radical (unpaired) electrons. The number of carbonyl (C=O) groups is 3. The van der Waals surface area contributed by atoms with Gasteiger partial charge in [0.1, 0.15) is 12.4 Å². The zero-order valence-corrected chi connectivity index (χ0v) is 26.3. The summed E-state index contributed by atoms with van der Waals surface area (Å²) in [5.41, 5.74) is -3.15. The highest BCUT2D eigenvalue weighted by Gasteiger charge is 2.60. The lowest BCUT2D eigenvalue weighted by atomic mass is 9.76. The number of carbonyl (C=O) groups excluding carboxylic acids is 2. The highest BCUT2D eigenvalue weighted by molar-refractivity contribution is 6.63. The maximum atomic E-state index is 14.9.